The van der Waals surface area contributed by atoms with Gasteiger partial charge in [0, 0.05) is 11.1 Å². The molecule has 2 heterocycles. The van der Waals surface area contributed by atoms with Crippen LogP contribution in [0.4, 0.5) is 5.82 Å². The molecule has 0 radical (unpaired) electrons. The van der Waals surface area contributed by atoms with Crippen LogP contribution in [-0.4, -0.2) is 21.7 Å². The molecule has 0 fully saturated rings. The number of benzene rings is 3. The molecule has 3 aromatic carbocycles. The lowest BCUT2D eigenvalue weighted by Gasteiger charge is -2.18. The normalized spacial score (nSPS) is 12.0. The van der Waals surface area contributed by atoms with Gasteiger partial charge in [-0.25, -0.2) is 9.97 Å². The highest BCUT2D eigenvalue weighted by atomic mass is 16.3. The van der Waals surface area contributed by atoms with Crippen LogP contribution in [0.2, 0.25) is 0 Å². The van der Waals surface area contributed by atoms with Gasteiger partial charge in [0.15, 0.2) is 0 Å². The van der Waals surface area contributed by atoms with Crippen LogP contribution in [0.3, 0.4) is 0 Å². The quantitative estimate of drug-likeness (QED) is 0.378. The molecule has 0 amide bonds. The van der Waals surface area contributed by atoms with E-state index in [4.69, 9.17) is 4.42 Å². The monoisotopic (exact) mass is 407 g/mol. The van der Waals surface area contributed by atoms with Gasteiger partial charge in [-0.3, -0.25) is 0 Å². The summed E-state index contributed by atoms with van der Waals surface area (Å²) in [6, 6.07) is 29.6. The zero-order valence-electron chi connectivity index (χ0n) is 16.8. The van der Waals surface area contributed by atoms with E-state index in [2.05, 4.69) is 15.3 Å². The Kier molecular flexibility index (Phi) is 5.17. The fourth-order valence-corrected chi connectivity index (χ4v) is 3.80. The first-order valence-electron chi connectivity index (χ1n) is 10.2. The highest BCUT2D eigenvalue weighted by Crippen LogP contribution is 2.42. The number of aliphatic hydroxyl groups is 1. The fourth-order valence-electron chi connectivity index (χ4n) is 3.80. The molecule has 5 heteroatoms. The first-order valence-corrected chi connectivity index (χ1v) is 10.2. The summed E-state index contributed by atoms with van der Waals surface area (Å²) in [5.74, 6) is 1.36. The standard InChI is InChI=1S/C26H21N3O2/c30-16-21(18-10-4-1-5-11-18)29-25-23-22(19-12-6-2-7-13-19)24(20-14-8-3-9-15-20)31-26(23)28-17-27-25/h1-15,17,21,30H,16H2,(H,27,28,29)/t21-/m0/s1. The van der Waals surface area contributed by atoms with Crippen LogP contribution in [-0.2, 0) is 0 Å². The number of aliphatic hydroxyl groups excluding tert-OH is 1. The highest BCUT2D eigenvalue weighted by Gasteiger charge is 2.23. The van der Waals surface area contributed by atoms with Crippen molar-refractivity contribution >= 4 is 16.9 Å². The maximum atomic E-state index is 10.1. The minimum Gasteiger partial charge on any atom is -0.437 e. The molecular formula is C26H21N3O2. The van der Waals surface area contributed by atoms with Crippen molar-refractivity contribution in [3.8, 4) is 22.5 Å². The maximum Gasteiger partial charge on any atom is 0.232 e. The van der Waals surface area contributed by atoms with Crippen LogP contribution in [0.1, 0.15) is 11.6 Å². The first-order chi connectivity index (χ1) is 15.3. The average Bonchev–Trinajstić information content (AvgIpc) is 3.25. The number of nitrogens with zero attached hydrogens (tertiary/aromatic N) is 2. The molecule has 2 aromatic heterocycles. The minimum absolute atomic E-state index is 0.0699. The summed E-state index contributed by atoms with van der Waals surface area (Å²) >= 11 is 0. The zero-order chi connectivity index (χ0) is 21.0. The molecule has 5 nitrogen and oxygen atoms in total. The Morgan fingerprint density at radius 2 is 1.39 bits per heavy atom. The molecule has 31 heavy (non-hydrogen) atoms. The molecule has 2 N–H and O–H groups in total. The molecule has 0 aliphatic rings. The van der Waals surface area contributed by atoms with E-state index in [1.807, 2.05) is 91.0 Å². The van der Waals surface area contributed by atoms with Gasteiger partial charge in [-0.2, -0.15) is 0 Å². The predicted molar refractivity (Wildman–Crippen MR) is 123 cm³/mol. The van der Waals surface area contributed by atoms with Crippen LogP contribution in [0.25, 0.3) is 33.6 Å². The van der Waals surface area contributed by atoms with Crippen molar-refractivity contribution in [1.82, 2.24) is 9.97 Å². The summed E-state index contributed by atoms with van der Waals surface area (Å²) in [5, 5.41) is 14.2. The maximum absolute atomic E-state index is 10.1. The van der Waals surface area contributed by atoms with E-state index in [0.717, 1.165) is 33.4 Å². The van der Waals surface area contributed by atoms with Crippen molar-refractivity contribution in [2.24, 2.45) is 0 Å². The van der Waals surface area contributed by atoms with E-state index < -0.39 is 0 Å². The summed E-state index contributed by atoms with van der Waals surface area (Å²) in [6.07, 6.45) is 1.48. The third-order valence-corrected chi connectivity index (χ3v) is 5.28. The molecule has 0 aliphatic heterocycles. The van der Waals surface area contributed by atoms with E-state index in [9.17, 15) is 5.11 Å². The largest absolute Gasteiger partial charge is 0.437 e. The second-order valence-electron chi connectivity index (χ2n) is 7.23. The van der Waals surface area contributed by atoms with E-state index >= 15 is 0 Å². The number of anilines is 1. The van der Waals surface area contributed by atoms with Gasteiger partial charge in [0.25, 0.3) is 0 Å². The van der Waals surface area contributed by atoms with Crippen molar-refractivity contribution in [3.05, 3.63) is 103 Å². The van der Waals surface area contributed by atoms with Gasteiger partial charge in [-0.1, -0.05) is 91.0 Å². The van der Waals surface area contributed by atoms with Crippen molar-refractivity contribution < 1.29 is 9.52 Å². The summed E-state index contributed by atoms with van der Waals surface area (Å²) in [7, 11) is 0. The number of rotatable bonds is 6. The molecule has 5 rings (SSSR count). The molecule has 5 aromatic rings. The Hall–Kier alpha value is -3.96. The van der Waals surface area contributed by atoms with Gasteiger partial charge in [-0.05, 0) is 11.1 Å². The van der Waals surface area contributed by atoms with Gasteiger partial charge in [0.2, 0.25) is 5.71 Å². The summed E-state index contributed by atoms with van der Waals surface area (Å²) in [5.41, 5.74) is 4.38. The van der Waals surface area contributed by atoms with Gasteiger partial charge < -0.3 is 14.8 Å². The Morgan fingerprint density at radius 3 is 2.03 bits per heavy atom. The van der Waals surface area contributed by atoms with E-state index in [1.54, 1.807) is 0 Å². The van der Waals surface area contributed by atoms with Crippen LogP contribution < -0.4 is 5.32 Å². The van der Waals surface area contributed by atoms with Gasteiger partial charge >= 0.3 is 0 Å². The molecular weight excluding hydrogens is 386 g/mol. The van der Waals surface area contributed by atoms with Crippen LogP contribution in [0.5, 0.6) is 0 Å². The van der Waals surface area contributed by atoms with E-state index in [-0.39, 0.29) is 12.6 Å². The first kappa shape index (κ1) is 19.0. The van der Waals surface area contributed by atoms with Crippen molar-refractivity contribution in [2.45, 2.75) is 6.04 Å². The predicted octanol–water partition coefficient (Wildman–Crippen LogP) is 5.70. The lowest BCUT2D eigenvalue weighted by molar-refractivity contribution is 0.276. The Labute approximate surface area is 180 Å². The minimum atomic E-state index is -0.307. The number of fused-ring (bicyclic) bond motifs is 1. The lowest BCUT2D eigenvalue weighted by Crippen LogP contribution is -2.15. The molecule has 152 valence electrons. The Balaban J connectivity index is 1.71. The fraction of sp³-hybridized carbons (Fsp3) is 0.0769. The topological polar surface area (TPSA) is 71.2 Å². The second kappa shape index (κ2) is 8.42. The molecule has 0 aliphatic carbocycles. The molecule has 0 saturated heterocycles. The van der Waals surface area contributed by atoms with Gasteiger partial charge in [-0.15, -0.1) is 0 Å². The summed E-state index contributed by atoms with van der Waals surface area (Å²) in [6.45, 7) is -0.0699. The molecule has 0 unspecified atom stereocenters. The number of hydrogen-bond acceptors (Lipinski definition) is 5. The van der Waals surface area contributed by atoms with E-state index in [0.29, 0.717) is 11.5 Å². The van der Waals surface area contributed by atoms with Crippen molar-refractivity contribution in [3.63, 3.8) is 0 Å². The second-order valence-corrected chi connectivity index (χ2v) is 7.23. The Bertz CT molecular complexity index is 1290. The number of furan rings is 1. The average molecular weight is 407 g/mol. The highest BCUT2D eigenvalue weighted by molar-refractivity contribution is 6.05. The van der Waals surface area contributed by atoms with Crippen molar-refractivity contribution in [2.75, 3.05) is 11.9 Å². The Morgan fingerprint density at radius 1 is 0.774 bits per heavy atom. The molecule has 0 bridgehead atoms. The molecule has 0 spiro atoms. The number of aromatic nitrogens is 2. The smallest absolute Gasteiger partial charge is 0.232 e. The van der Waals surface area contributed by atoms with Gasteiger partial charge in [0.1, 0.15) is 17.9 Å². The van der Waals surface area contributed by atoms with Crippen LogP contribution >= 0.6 is 0 Å². The molecule has 0 saturated carbocycles. The third kappa shape index (κ3) is 3.67. The van der Waals surface area contributed by atoms with Crippen molar-refractivity contribution in [1.29, 1.82) is 0 Å². The number of hydrogen-bond donors (Lipinski definition) is 2. The molecule has 1 atom stereocenters. The van der Waals surface area contributed by atoms with Gasteiger partial charge in [0.05, 0.1) is 18.0 Å². The SMILES string of the molecule is OC[C@H](Nc1ncnc2oc(-c3ccccc3)c(-c3ccccc3)c12)c1ccccc1. The van der Waals surface area contributed by atoms with Crippen LogP contribution in [0.15, 0.2) is 102 Å². The zero-order valence-corrected chi connectivity index (χ0v) is 16.8. The number of nitrogens with one attached hydrogen (secondary N) is 1. The van der Waals surface area contributed by atoms with E-state index in [1.165, 1.54) is 6.33 Å². The third-order valence-electron chi connectivity index (χ3n) is 5.28. The van der Waals surface area contributed by atoms with Crippen LogP contribution in [0, 0.1) is 0 Å². The lowest BCUT2D eigenvalue weighted by atomic mass is 9.99. The summed E-state index contributed by atoms with van der Waals surface area (Å²) < 4.78 is 6.25. The summed E-state index contributed by atoms with van der Waals surface area (Å²) in [4.78, 5) is 8.92.